The van der Waals surface area contributed by atoms with Crippen LogP contribution < -0.4 is 10.2 Å². The van der Waals surface area contributed by atoms with Crippen molar-refractivity contribution in [1.29, 1.82) is 0 Å². The Morgan fingerprint density at radius 3 is 2.62 bits per heavy atom. The highest BCUT2D eigenvalue weighted by Crippen LogP contribution is 2.44. The number of benzene rings is 1. The maximum atomic E-state index is 12.4. The summed E-state index contributed by atoms with van der Waals surface area (Å²) in [6, 6.07) is 6.59. The van der Waals surface area contributed by atoms with Gasteiger partial charge in [-0.15, -0.1) is 0 Å². The Labute approximate surface area is 123 Å². The predicted molar refractivity (Wildman–Crippen MR) is 79.6 cm³/mol. The lowest BCUT2D eigenvalue weighted by molar-refractivity contribution is 0.0697. The average Bonchev–Trinajstić information content (AvgIpc) is 3.09. The number of amides is 2. The van der Waals surface area contributed by atoms with Gasteiger partial charge in [-0.05, 0) is 43.2 Å². The molecular weight excluding hydrogens is 268 g/mol. The van der Waals surface area contributed by atoms with Gasteiger partial charge in [-0.25, -0.2) is 9.59 Å². The number of para-hydroxylation sites is 1. The van der Waals surface area contributed by atoms with E-state index in [1.165, 1.54) is 30.2 Å². The molecule has 2 bridgehead atoms. The van der Waals surface area contributed by atoms with Crippen LogP contribution in [-0.4, -0.2) is 30.2 Å². The fourth-order valence-corrected chi connectivity index (χ4v) is 3.73. The number of urea groups is 1. The number of hydrogen-bond donors (Lipinski definition) is 2. The number of nitrogens with zero attached hydrogens (tertiary/aromatic N) is 1. The molecule has 3 atom stereocenters. The summed E-state index contributed by atoms with van der Waals surface area (Å²) in [6.07, 6.45) is 4.77. The van der Waals surface area contributed by atoms with E-state index < -0.39 is 5.97 Å². The van der Waals surface area contributed by atoms with Crippen molar-refractivity contribution >= 4 is 17.7 Å². The molecule has 0 spiro atoms. The minimum atomic E-state index is -1.02. The molecule has 2 aliphatic rings. The zero-order valence-electron chi connectivity index (χ0n) is 12.1. The predicted octanol–water partition coefficient (Wildman–Crippen LogP) is 2.72. The van der Waals surface area contributed by atoms with Crippen LogP contribution in [0.4, 0.5) is 10.5 Å². The molecule has 0 aliphatic heterocycles. The Morgan fingerprint density at radius 2 is 2.00 bits per heavy atom. The van der Waals surface area contributed by atoms with E-state index in [2.05, 4.69) is 5.32 Å². The van der Waals surface area contributed by atoms with Gasteiger partial charge >= 0.3 is 12.0 Å². The number of nitrogens with one attached hydrogen (secondary N) is 1. The number of carbonyl (C=O) groups is 2. The van der Waals surface area contributed by atoms with Crippen LogP contribution >= 0.6 is 0 Å². The lowest BCUT2D eigenvalue weighted by Crippen LogP contribution is -2.45. The van der Waals surface area contributed by atoms with Crippen molar-refractivity contribution in [2.45, 2.75) is 31.7 Å². The zero-order chi connectivity index (χ0) is 15.0. The van der Waals surface area contributed by atoms with Crippen molar-refractivity contribution in [2.75, 3.05) is 11.9 Å². The van der Waals surface area contributed by atoms with Gasteiger partial charge in [0.05, 0.1) is 11.3 Å². The summed E-state index contributed by atoms with van der Waals surface area (Å²) in [6.45, 7) is 0. The summed E-state index contributed by atoms with van der Waals surface area (Å²) < 4.78 is 0. The molecule has 2 saturated carbocycles. The molecule has 112 valence electrons. The number of carboxylic acid groups (broad SMARTS) is 1. The zero-order valence-corrected chi connectivity index (χ0v) is 12.1. The van der Waals surface area contributed by atoms with Crippen LogP contribution in [0.3, 0.4) is 0 Å². The monoisotopic (exact) mass is 288 g/mol. The topological polar surface area (TPSA) is 69.6 Å². The highest BCUT2D eigenvalue weighted by molar-refractivity contribution is 6.01. The van der Waals surface area contributed by atoms with Crippen molar-refractivity contribution in [1.82, 2.24) is 5.32 Å². The van der Waals surface area contributed by atoms with E-state index in [0.29, 0.717) is 11.6 Å². The lowest BCUT2D eigenvalue weighted by atomic mass is 9.95. The molecule has 2 aliphatic carbocycles. The molecule has 3 unspecified atom stereocenters. The molecule has 0 saturated heterocycles. The Balaban J connectivity index is 1.71. The van der Waals surface area contributed by atoms with Crippen molar-refractivity contribution in [3.05, 3.63) is 29.8 Å². The molecule has 5 heteroatoms. The molecule has 21 heavy (non-hydrogen) atoms. The van der Waals surface area contributed by atoms with Gasteiger partial charge in [0.25, 0.3) is 0 Å². The number of carboxylic acids is 1. The van der Waals surface area contributed by atoms with Crippen molar-refractivity contribution in [2.24, 2.45) is 11.8 Å². The normalized spacial score (nSPS) is 26.6. The molecule has 0 heterocycles. The van der Waals surface area contributed by atoms with Crippen LogP contribution in [0.5, 0.6) is 0 Å². The molecule has 5 nitrogen and oxygen atoms in total. The summed E-state index contributed by atoms with van der Waals surface area (Å²) in [5, 5.41) is 12.3. The van der Waals surface area contributed by atoms with E-state index in [-0.39, 0.29) is 17.6 Å². The number of aromatic carboxylic acids is 1. The largest absolute Gasteiger partial charge is 0.478 e. The Hall–Kier alpha value is -2.04. The molecule has 2 N–H and O–H groups in total. The van der Waals surface area contributed by atoms with Gasteiger partial charge in [0.15, 0.2) is 0 Å². The van der Waals surface area contributed by atoms with E-state index in [0.717, 1.165) is 12.3 Å². The second-order valence-corrected chi connectivity index (χ2v) is 6.11. The first-order valence-corrected chi connectivity index (χ1v) is 7.43. The van der Waals surface area contributed by atoms with Crippen molar-refractivity contribution in [3.8, 4) is 0 Å². The van der Waals surface area contributed by atoms with Gasteiger partial charge in [0.1, 0.15) is 0 Å². The SMILES string of the molecule is CN(C(=O)NC1CC2CCC1C2)c1ccccc1C(=O)O. The first-order valence-electron chi connectivity index (χ1n) is 7.43. The second-order valence-electron chi connectivity index (χ2n) is 6.11. The van der Waals surface area contributed by atoms with Gasteiger partial charge < -0.3 is 10.4 Å². The first-order chi connectivity index (χ1) is 10.1. The summed E-state index contributed by atoms with van der Waals surface area (Å²) in [4.78, 5) is 25.0. The highest BCUT2D eigenvalue weighted by atomic mass is 16.4. The summed E-state index contributed by atoms with van der Waals surface area (Å²) >= 11 is 0. The van der Waals surface area contributed by atoms with Crippen LogP contribution in [0.25, 0.3) is 0 Å². The minimum absolute atomic E-state index is 0.142. The Morgan fingerprint density at radius 1 is 1.24 bits per heavy atom. The highest BCUT2D eigenvalue weighted by Gasteiger charge is 2.40. The van der Waals surface area contributed by atoms with Crippen LogP contribution in [0, 0.1) is 11.8 Å². The van der Waals surface area contributed by atoms with Gasteiger partial charge in [-0.2, -0.15) is 0 Å². The third-order valence-electron chi connectivity index (χ3n) is 4.85. The Kier molecular flexibility index (Phi) is 3.57. The maximum Gasteiger partial charge on any atom is 0.337 e. The van der Waals surface area contributed by atoms with E-state index >= 15 is 0 Å². The number of hydrogen-bond acceptors (Lipinski definition) is 2. The van der Waals surface area contributed by atoms with Crippen LogP contribution in [-0.2, 0) is 0 Å². The smallest absolute Gasteiger partial charge is 0.337 e. The molecule has 0 aromatic heterocycles. The molecule has 3 rings (SSSR count). The number of fused-ring (bicyclic) bond motifs is 2. The van der Waals surface area contributed by atoms with Crippen LogP contribution in [0.2, 0.25) is 0 Å². The van der Waals surface area contributed by atoms with E-state index in [1.54, 1.807) is 25.2 Å². The van der Waals surface area contributed by atoms with Crippen LogP contribution in [0.15, 0.2) is 24.3 Å². The van der Waals surface area contributed by atoms with Crippen molar-refractivity contribution < 1.29 is 14.7 Å². The van der Waals surface area contributed by atoms with Crippen LogP contribution in [0.1, 0.15) is 36.0 Å². The summed E-state index contributed by atoms with van der Waals surface area (Å²) in [5.74, 6) is 0.337. The van der Waals surface area contributed by atoms with Gasteiger partial charge in [0, 0.05) is 13.1 Å². The van der Waals surface area contributed by atoms with Gasteiger partial charge in [-0.3, -0.25) is 4.90 Å². The summed E-state index contributed by atoms with van der Waals surface area (Å²) in [5.41, 5.74) is 0.564. The average molecular weight is 288 g/mol. The third kappa shape index (κ3) is 2.60. The molecule has 2 amide bonds. The van der Waals surface area contributed by atoms with Gasteiger partial charge in [0.2, 0.25) is 0 Å². The van der Waals surface area contributed by atoms with E-state index in [9.17, 15) is 14.7 Å². The maximum absolute atomic E-state index is 12.4. The first kappa shape index (κ1) is 13.9. The molecule has 0 radical (unpaired) electrons. The van der Waals surface area contributed by atoms with Crippen molar-refractivity contribution in [3.63, 3.8) is 0 Å². The molecule has 2 fully saturated rings. The summed E-state index contributed by atoms with van der Waals surface area (Å²) in [7, 11) is 1.62. The molecule has 1 aromatic rings. The van der Waals surface area contributed by atoms with Gasteiger partial charge in [-0.1, -0.05) is 18.6 Å². The molecular formula is C16H20N2O3. The quantitative estimate of drug-likeness (QED) is 0.898. The third-order valence-corrected chi connectivity index (χ3v) is 4.85. The minimum Gasteiger partial charge on any atom is -0.478 e. The lowest BCUT2D eigenvalue weighted by Gasteiger charge is -2.27. The van der Waals surface area contributed by atoms with E-state index in [1.807, 2.05) is 0 Å². The number of rotatable bonds is 3. The number of carbonyl (C=O) groups excluding carboxylic acids is 1. The molecule has 1 aromatic carbocycles. The Bertz CT molecular complexity index is 572. The van der Waals surface area contributed by atoms with E-state index in [4.69, 9.17) is 0 Å². The standard InChI is InChI=1S/C16H20N2O3/c1-18(14-5-3-2-4-12(14)15(19)20)16(21)17-13-9-10-6-7-11(13)8-10/h2-5,10-11,13H,6-9H2,1H3,(H,17,21)(H,19,20). The fraction of sp³-hybridized carbons (Fsp3) is 0.500. The fourth-order valence-electron chi connectivity index (χ4n) is 3.73. The number of anilines is 1. The second kappa shape index (κ2) is 5.39.